The number of carbonyl (C=O) groups excluding carboxylic acids is 1. The average Bonchev–Trinajstić information content (AvgIpc) is 2.55. The third-order valence-corrected chi connectivity index (χ3v) is 3.39. The highest BCUT2D eigenvalue weighted by molar-refractivity contribution is 6.70. The Morgan fingerprint density at radius 1 is 1.53 bits per heavy atom. The lowest BCUT2D eigenvalue weighted by Crippen LogP contribution is -2.40. The number of hydrogen-bond donors (Lipinski definition) is 0. The minimum Gasteiger partial charge on any atom is -0.533 e. The van der Waals surface area contributed by atoms with Crippen molar-refractivity contribution in [1.29, 1.82) is 0 Å². The Hall–Kier alpha value is -0.973. The highest BCUT2D eigenvalue weighted by atomic mass is 28.4. The molecule has 1 amide bonds. The molecule has 0 radical (unpaired) electrons. The lowest BCUT2D eigenvalue weighted by molar-refractivity contribution is 0.149. The molecule has 98 valence electrons. The molecule has 0 N–H and O–H groups in total. The average molecular weight is 257 g/mol. The summed E-state index contributed by atoms with van der Waals surface area (Å²) in [6, 6.07) is 0.0741. The van der Waals surface area contributed by atoms with Crippen molar-refractivity contribution in [3.63, 3.8) is 0 Å². The molecule has 1 rings (SSSR count). The molecule has 1 saturated heterocycles. The van der Waals surface area contributed by atoms with Crippen LogP contribution in [0.4, 0.5) is 4.79 Å². The van der Waals surface area contributed by atoms with Crippen molar-refractivity contribution in [1.82, 2.24) is 4.90 Å². The molecule has 0 aromatic carbocycles. The summed E-state index contributed by atoms with van der Waals surface area (Å²) in [6.07, 6.45) is 1.55. The molecule has 4 nitrogen and oxygen atoms in total. The molecule has 0 bridgehead atoms. The van der Waals surface area contributed by atoms with E-state index < -0.39 is 8.32 Å². The number of ether oxygens (including phenoxy) is 1. The molecule has 1 heterocycles. The zero-order valence-electron chi connectivity index (χ0n) is 11.6. The quantitative estimate of drug-likeness (QED) is 0.573. The minimum atomic E-state index is -1.72. The molecule has 0 aromatic rings. The van der Waals surface area contributed by atoms with E-state index in [1.54, 1.807) is 4.90 Å². The Morgan fingerprint density at radius 3 is 2.53 bits per heavy atom. The van der Waals surface area contributed by atoms with Crippen LogP contribution in [-0.4, -0.2) is 32.0 Å². The van der Waals surface area contributed by atoms with Gasteiger partial charge in [0.1, 0.15) is 6.61 Å². The van der Waals surface area contributed by atoms with Gasteiger partial charge in [-0.15, -0.1) is 0 Å². The summed E-state index contributed by atoms with van der Waals surface area (Å²) in [5.74, 6) is 0.993. The molecule has 1 atom stereocenters. The smallest absolute Gasteiger partial charge is 0.417 e. The van der Waals surface area contributed by atoms with E-state index in [1.807, 2.05) is 13.0 Å². The minimum absolute atomic E-state index is 0.0741. The van der Waals surface area contributed by atoms with Crippen molar-refractivity contribution in [2.45, 2.75) is 46.5 Å². The first-order chi connectivity index (χ1) is 7.76. The van der Waals surface area contributed by atoms with Crippen LogP contribution < -0.4 is 0 Å². The van der Waals surface area contributed by atoms with Gasteiger partial charge in [-0.05, 0) is 38.6 Å². The van der Waals surface area contributed by atoms with E-state index in [9.17, 15) is 4.79 Å². The summed E-state index contributed by atoms with van der Waals surface area (Å²) in [6.45, 7) is 12.8. The van der Waals surface area contributed by atoms with Gasteiger partial charge >= 0.3 is 6.09 Å². The van der Waals surface area contributed by atoms with Gasteiger partial charge in [0, 0.05) is 0 Å². The van der Waals surface area contributed by atoms with E-state index in [4.69, 9.17) is 9.16 Å². The van der Waals surface area contributed by atoms with Crippen molar-refractivity contribution in [3.8, 4) is 0 Å². The van der Waals surface area contributed by atoms with E-state index in [1.165, 1.54) is 0 Å². The first-order valence-electron chi connectivity index (χ1n) is 6.07. The third kappa shape index (κ3) is 3.49. The van der Waals surface area contributed by atoms with Crippen LogP contribution in [0.5, 0.6) is 0 Å². The van der Waals surface area contributed by atoms with Gasteiger partial charge in [0.2, 0.25) is 8.32 Å². The molecule has 0 saturated carbocycles. The van der Waals surface area contributed by atoms with Crippen molar-refractivity contribution < 1.29 is 14.0 Å². The Balaban J connectivity index is 2.90. The van der Waals surface area contributed by atoms with Crippen LogP contribution in [0.1, 0.15) is 20.8 Å². The van der Waals surface area contributed by atoms with Gasteiger partial charge in [0.25, 0.3) is 0 Å². The first-order valence-corrected chi connectivity index (χ1v) is 9.48. The number of rotatable bonds is 4. The summed E-state index contributed by atoms with van der Waals surface area (Å²) in [5.41, 5.74) is 0. The number of nitrogens with zero attached hydrogens (tertiary/aromatic N) is 1. The molecular weight excluding hydrogens is 234 g/mol. The normalized spacial score (nSPS) is 22.1. The second-order valence-corrected chi connectivity index (χ2v) is 10.0. The van der Waals surface area contributed by atoms with E-state index in [0.29, 0.717) is 18.4 Å². The maximum Gasteiger partial charge on any atom is 0.417 e. The monoisotopic (exact) mass is 257 g/mol. The van der Waals surface area contributed by atoms with Crippen LogP contribution in [0, 0.1) is 5.92 Å². The topological polar surface area (TPSA) is 38.8 Å². The molecule has 1 fully saturated rings. The number of amides is 1. The first kappa shape index (κ1) is 14.1. The Kier molecular flexibility index (Phi) is 4.24. The fourth-order valence-electron chi connectivity index (χ4n) is 1.74. The summed E-state index contributed by atoms with van der Waals surface area (Å²) in [7, 11) is -1.72. The van der Waals surface area contributed by atoms with E-state index in [-0.39, 0.29) is 12.1 Å². The van der Waals surface area contributed by atoms with Gasteiger partial charge in [-0.1, -0.05) is 13.8 Å². The Labute approximate surface area is 105 Å². The summed E-state index contributed by atoms with van der Waals surface area (Å²) >= 11 is 0. The number of cyclic esters (lactones) is 1. The summed E-state index contributed by atoms with van der Waals surface area (Å²) in [4.78, 5) is 13.4. The van der Waals surface area contributed by atoms with Crippen LogP contribution in [0.2, 0.25) is 19.6 Å². The second-order valence-electron chi connectivity index (χ2n) is 5.60. The molecule has 1 aliphatic rings. The fourth-order valence-corrected chi connectivity index (χ4v) is 2.58. The molecule has 0 aromatic heterocycles. The predicted molar refractivity (Wildman–Crippen MR) is 70.0 cm³/mol. The van der Waals surface area contributed by atoms with Crippen molar-refractivity contribution in [3.05, 3.63) is 12.0 Å². The lowest BCUT2D eigenvalue weighted by atomic mass is 10.1. The molecule has 0 spiro atoms. The molecular formula is C12H23NO3Si. The van der Waals surface area contributed by atoms with Gasteiger partial charge < -0.3 is 9.16 Å². The maximum absolute atomic E-state index is 11.8. The molecule has 17 heavy (non-hydrogen) atoms. The molecule has 0 unspecified atom stereocenters. The zero-order chi connectivity index (χ0) is 13.2. The van der Waals surface area contributed by atoms with Crippen LogP contribution in [-0.2, 0) is 9.16 Å². The number of allylic oxidation sites excluding steroid dienone is 1. The van der Waals surface area contributed by atoms with E-state index in [2.05, 4.69) is 33.5 Å². The molecule has 0 aliphatic carbocycles. The van der Waals surface area contributed by atoms with Gasteiger partial charge in [0.15, 0.2) is 5.88 Å². The highest BCUT2D eigenvalue weighted by Gasteiger charge is 2.39. The van der Waals surface area contributed by atoms with Crippen molar-refractivity contribution in [2.24, 2.45) is 5.92 Å². The van der Waals surface area contributed by atoms with E-state index in [0.717, 1.165) is 0 Å². The van der Waals surface area contributed by atoms with Gasteiger partial charge in [-0.2, -0.15) is 0 Å². The predicted octanol–water partition coefficient (Wildman–Crippen LogP) is 3.18. The lowest BCUT2D eigenvalue weighted by Gasteiger charge is -2.30. The van der Waals surface area contributed by atoms with Crippen molar-refractivity contribution in [2.75, 3.05) is 6.61 Å². The number of hydrogen-bond acceptors (Lipinski definition) is 3. The van der Waals surface area contributed by atoms with Crippen LogP contribution in [0.3, 0.4) is 0 Å². The van der Waals surface area contributed by atoms with Crippen LogP contribution in [0.15, 0.2) is 12.0 Å². The Morgan fingerprint density at radius 2 is 2.12 bits per heavy atom. The summed E-state index contributed by atoms with van der Waals surface area (Å²) < 4.78 is 11.1. The third-order valence-electron chi connectivity index (χ3n) is 2.57. The van der Waals surface area contributed by atoms with E-state index >= 15 is 0 Å². The fraction of sp³-hybridized carbons (Fsp3) is 0.750. The second kappa shape index (κ2) is 5.12. The molecule has 1 aliphatic heterocycles. The Bertz CT molecular complexity index is 320. The SMILES string of the molecule is C/C=C(\O[Si](C)(C)C)N1C(=O)OC[C@H]1C(C)C. The van der Waals surface area contributed by atoms with Gasteiger partial charge in [-0.25, -0.2) is 9.69 Å². The van der Waals surface area contributed by atoms with Crippen LogP contribution in [0.25, 0.3) is 0 Å². The molecule has 5 heteroatoms. The van der Waals surface area contributed by atoms with Crippen LogP contribution >= 0.6 is 0 Å². The largest absolute Gasteiger partial charge is 0.533 e. The maximum atomic E-state index is 11.8. The summed E-state index contributed by atoms with van der Waals surface area (Å²) in [5, 5.41) is 0. The number of carbonyl (C=O) groups is 1. The highest BCUT2D eigenvalue weighted by Crippen LogP contribution is 2.26. The van der Waals surface area contributed by atoms with Gasteiger partial charge in [-0.3, -0.25) is 0 Å². The standard InChI is InChI=1S/C12H23NO3Si/c1-7-11(16-17(4,5)6)13-10(9(2)3)8-15-12(13)14/h7,9-10H,8H2,1-6H3/b11-7-/t10-/m0/s1. The van der Waals surface area contributed by atoms with Crippen molar-refractivity contribution >= 4 is 14.4 Å². The van der Waals surface area contributed by atoms with Gasteiger partial charge in [0.05, 0.1) is 6.04 Å². The zero-order valence-corrected chi connectivity index (χ0v) is 12.6.